The standard InChI is InChI=1S/C12H12N2O3/c1-7-5-9(15)3-4-10(7)11(16)14-12-13-8(2)6-17-12/h3-6,15H,1-2H3,(H,13,14,16). The van der Waals surface area contributed by atoms with Crippen LogP contribution in [0.25, 0.3) is 0 Å². The number of benzene rings is 1. The second-order valence-corrected chi connectivity index (χ2v) is 3.75. The Labute approximate surface area is 98.1 Å². The van der Waals surface area contributed by atoms with Crippen molar-refractivity contribution in [2.75, 3.05) is 5.32 Å². The van der Waals surface area contributed by atoms with Gasteiger partial charge in [0.05, 0.1) is 5.69 Å². The van der Waals surface area contributed by atoms with E-state index in [4.69, 9.17) is 4.42 Å². The van der Waals surface area contributed by atoms with Gasteiger partial charge in [0.15, 0.2) is 0 Å². The Morgan fingerprint density at radius 2 is 2.18 bits per heavy atom. The van der Waals surface area contributed by atoms with Gasteiger partial charge in [0.25, 0.3) is 5.91 Å². The summed E-state index contributed by atoms with van der Waals surface area (Å²) < 4.78 is 5.03. The third kappa shape index (κ3) is 2.44. The lowest BCUT2D eigenvalue weighted by molar-refractivity contribution is 0.102. The summed E-state index contributed by atoms with van der Waals surface area (Å²) in [6.45, 7) is 3.51. The quantitative estimate of drug-likeness (QED) is 0.832. The summed E-state index contributed by atoms with van der Waals surface area (Å²) >= 11 is 0. The molecule has 5 nitrogen and oxygen atoms in total. The van der Waals surface area contributed by atoms with Gasteiger partial charge < -0.3 is 9.52 Å². The zero-order chi connectivity index (χ0) is 12.4. The molecule has 17 heavy (non-hydrogen) atoms. The number of aromatic hydroxyl groups is 1. The van der Waals surface area contributed by atoms with Gasteiger partial charge in [-0.1, -0.05) is 0 Å². The molecule has 0 spiro atoms. The van der Waals surface area contributed by atoms with E-state index in [1.165, 1.54) is 18.4 Å². The fourth-order valence-electron chi connectivity index (χ4n) is 1.48. The van der Waals surface area contributed by atoms with E-state index in [2.05, 4.69) is 10.3 Å². The highest BCUT2D eigenvalue weighted by Gasteiger charge is 2.12. The first-order valence-corrected chi connectivity index (χ1v) is 5.09. The fourth-order valence-corrected chi connectivity index (χ4v) is 1.48. The van der Waals surface area contributed by atoms with Crippen LogP contribution in [-0.4, -0.2) is 16.0 Å². The third-order valence-electron chi connectivity index (χ3n) is 2.29. The predicted octanol–water partition coefficient (Wildman–Crippen LogP) is 2.25. The van der Waals surface area contributed by atoms with Gasteiger partial charge >= 0.3 is 6.01 Å². The van der Waals surface area contributed by atoms with Crippen LogP contribution in [0.4, 0.5) is 6.01 Å². The molecule has 2 N–H and O–H groups in total. The van der Waals surface area contributed by atoms with Crippen LogP contribution in [0.2, 0.25) is 0 Å². The van der Waals surface area contributed by atoms with Crippen molar-refractivity contribution in [3.8, 4) is 5.75 Å². The van der Waals surface area contributed by atoms with E-state index in [1.807, 2.05) is 0 Å². The lowest BCUT2D eigenvalue weighted by atomic mass is 10.1. The van der Waals surface area contributed by atoms with Crippen LogP contribution in [0.15, 0.2) is 28.9 Å². The first-order chi connectivity index (χ1) is 8.06. The van der Waals surface area contributed by atoms with Crippen molar-refractivity contribution in [2.24, 2.45) is 0 Å². The number of anilines is 1. The van der Waals surface area contributed by atoms with Crippen LogP contribution >= 0.6 is 0 Å². The summed E-state index contributed by atoms with van der Waals surface area (Å²) in [5.41, 5.74) is 1.85. The molecule has 0 bridgehead atoms. The Morgan fingerprint density at radius 3 is 2.76 bits per heavy atom. The molecule has 0 aliphatic rings. The predicted molar refractivity (Wildman–Crippen MR) is 62.0 cm³/mol. The Morgan fingerprint density at radius 1 is 1.41 bits per heavy atom. The van der Waals surface area contributed by atoms with Crippen molar-refractivity contribution in [2.45, 2.75) is 13.8 Å². The Bertz CT molecular complexity index is 561. The SMILES string of the molecule is Cc1coc(NC(=O)c2ccc(O)cc2C)n1. The molecule has 5 heteroatoms. The van der Waals surface area contributed by atoms with E-state index in [-0.39, 0.29) is 17.7 Å². The molecule has 88 valence electrons. The Hall–Kier alpha value is -2.30. The lowest BCUT2D eigenvalue weighted by Gasteiger charge is -2.04. The number of hydrogen-bond donors (Lipinski definition) is 2. The number of nitrogens with zero attached hydrogens (tertiary/aromatic N) is 1. The molecule has 1 aromatic heterocycles. The zero-order valence-electron chi connectivity index (χ0n) is 9.52. The van der Waals surface area contributed by atoms with E-state index in [0.717, 1.165) is 0 Å². The summed E-state index contributed by atoms with van der Waals surface area (Å²) in [7, 11) is 0. The van der Waals surface area contributed by atoms with Crippen LogP contribution in [0.5, 0.6) is 5.75 Å². The minimum absolute atomic E-state index is 0.131. The zero-order valence-corrected chi connectivity index (χ0v) is 9.52. The van der Waals surface area contributed by atoms with Crippen molar-refractivity contribution in [3.05, 3.63) is 41.3 Å². The highest BCUT2D eigenvalue weighted by Crippen LogP contribution is 2.17. The Balaban J connectivity index is 2.20. The molecule has 1 amide bonds. The smallest absolute Gasteiger partial charge is 0.301 e. The second kappa shape index (κ2) is 4.29. The first-order valence-electron chi connectivity index (χ1n) is 5.09. The summed E-state index contributed by atoms with van der Waals surface area (Å²) in [5.74, 6) is -0.185. The van der Waals surface area contributed by atoms with E-state index < -0.39 is 0 Å². The average Bonchev–Trinajstić information content (AvgIpc) is 2.63. The molecule has 1 heterocycles. The molecule has 0 aliphatic carbocycles. The molecule has 0 atom stereocenters. The highest BCUT2D eigenvalue weighted by atomic mass is 16.4. The van der Waals surface area contributed by atoms with Crippen LogP contribution in [0.1, 0.15) is 21.6 Å². The number of nitrogens with one attached hydrogen (secondary N) is 1. The number of rotatable bonds is 2. The highest BCUT2D eigenvalue weighted by molar-refractivity contribution is 6.04. The maximum Gasteiger partial charge on any atom is 0.301 e. The van der Waals surface area contributed by atoms with E-state index in [9.17, 15) is 9.90 Å². The number of aromatic nitrogens is 1. The van der Waals surface area contributed by atoms with Crippen molar-refractivity contribution >= 4 is 11.9 Å². The molecule has 0 saturated heterocycles. The molecule has 0 radical (unpaired) electrons. The first kappa shape index (κ1) is 11.2. The van der Waals surface area contributed by atoms with E-state index in [1.54, 1.807) is 19.9 Å². The van der Waals surface area contributed by atoms with Gasteiger partial charge in [-0.3, -0.25) is 10.1 Å². The summed E-state index contributed by atoms with van der Waals surface area (Å²) in [6, 6.07) is 4.70. The topological polar surface area (TPSA) is 75.4 Å². The summed E-state index contributed by atoms with van der Waals surface area (Å²) in [5, 5.41) is 11.8. The number of carbonyl (C=O) groups is 1. The molecular formula is C12H12N2O3. The normalized spacial score (nSPS) is 10.2. The van der Waals surface area contributed by atoms with Gasteiger partial charge in [-0.2, -0.15) is 4.98 Å². The molecule has 0 aliphatic heterocycles. The van der Waals surface area contributed by atoms with E-state index >= 15 is 0 Å². The monoisotopic (exact) mass is 232 g/mol. The number of phenolic OH excluding ortho intramolecular Hbond substituents is 1. The third-order valence-corrected chi connectivity index (χ3v) is 2.29. The number of amides is 1. The summed E-state index contributed by atoms with van der Waals surface area (Å²) in [4.78, 5) is 15.8. The number of hydrogen-bond acceptors (Lipinski definition) is 4. The number of phenols is 1. The van der Waals surface area contributed by atoms with Crippen molar-refractivity contribution < 1.29 is 14.3 Å². The van der Waals surface area contributed by atoms with Crippen LogP contribution in [0.3, 0.4) is 0 Å². The number of oxazole rings is 1. The van der Waals surface area contributed by atoms with Crippen molar-refractivity contribution in [3.63, 3.8) is 0 Å². The van der Waals surface area contributed by atoms with E-state index in [0.29, 0.717) is 16.8 Å². The number of carbonyl (C=O) groups excluding carboxylic acids is 1. The Kier molecular flexibility index (Phi) is 2.82. The molecule has 1 aromatic carbocycles. The second-order valence-electron chi connectivity index (χ2n) is 3.75. The molecule has 2 rings (SSSR count). The van der Waals surface area contributed by atoms with Gasteiger partial charge in [-0.25, -0.2) is 0 Å². The molecular weight excluding hydrogens is 220 g/mol. The van der Waals surface area contributed by atoms with Crippen LogP contribution < -0.4 is 5.32 Å². The van der Waals surface area contributed by atoms with Gasteiger partial charge in [0.1, 0.15) is 12.0 Å². The largest absolute Gasteiger partial charge is 0.508 e. The molecule has 2 aromatic rings. The van der Waals surface area contributed by atoms with Crippen LogP contribution in [-0.2, 0) is 0 Å². The van der Waals surface area contributed by atoms with Gasteiger partial charge in [-0.05, 0) is 37.6 Å². The van der Waals surface area contributed by atoms with Gasteiger partial charge in [0.2, 0.25) is 0 Å². The molecule has 0 unspecified atom stereocenters. The maximum atomic E-state index is 11.9. The lowest BCUT2D eigenvalue weighted by Crippen LogP contribution is -2.13. The summed E-state index contributed by atoms with van der Waals surface area (Å²) in [6.07, 6.45) is 1.46. The van der Waals surface area contributed by atoms with Gasteiger partial charge in [-0.15, -0.1) is 0 Å². The minimum atomic E-state index is -0.315. The minimum Gasteiger partial charge on any atom is -0.508 e. The molecule has 0 fully saturated rings. The average molecular weight is 232 g/mol. The fraction of sp³-hybridized carbons (Fsp3) is 0.167. The van der Waals surface area contributed by atoms with Crippen LogP contribution in [0, 0.1) is 13.8 Å². The molecule has 0 saturated carbocycles. The van der Waals surface area contributed by atoms with Crippen molar-refractivity contribution in [1.82, 2.24) is 4.98 Å². The van der Waals surface area contributed by atoms with Gasteiger partial charge in [0, 0.05) is 5.56 Å². The number of aryl methyl sites for hydroxylation is 2. The maximum absolute atomic E-state index is 11.9. The van der Waals surface area contributed by atoms with Crippen molar-refractivity contribution in [1.29, 1.82) is 0 Å².